The Hall–Kier alpha value is -4.19. The molecule has 1 amide bonds. The van der Waals surface area contributed by atoms with E-state index in [0.717, 1.165) is 27.9 Å². The molecule has 3 aromatic rings. The van der Waals surface area contributed by atoms with E-state index in [1.165, 1.54) is 0 Å². The predicted molar refractivity (Wildman–Crippen MR) is 114 cm³/mol. The summed E-state index contributed by atoms with van der Waals surface area (Å²) in [7, 11) is 0. The van der Waals surface area contributed by atoms with Crippen molar-refractivity contribution in [2.75, 3.05) is 12.3 Å². The van der Waals surface area contributed by atoms with Gasteiger partial charge >= 0.3 is 0 Å². The van der Waals surface area contributed by atoms with Gasteiger partial charge in [0.1, 0.15) is 17.5 Å². The topological polar surface area (TPSA) is 138 Å². The Kier molecular flexibility index (Phi) is 6.62. The first-order valence-corrected chi connectivity index (χ1v) is 9.59. The molecule has 0 saturated heterocycles. The second-order valence-electron chi connectivity index (χ2n) is 6.98. The highest BCUT2D eigenvalue weighted by molar-refractivity contribution is 5.81. The van der Waals surface area contributed by atoms with E-state index in [9.17, 15) is 10.1 Å². The summed E-state index contributed by atoms with van der Waals surface area (Å²) in [5.41, 5.74) is 11.0. The zero-order chi connectivity index (χ0) is 22.4. The Labute approximate surface area is 179 Å². The number of nitrogens with two attached hydrogens (primary N) is 1. The van der Waals surface area contributed by atoms with Crippen molar-refractivity contribution < 1.29 is 14.7 Å². The first-order valence-electron chi connectivity index (χ1n) is 9.59. The lowest BCUT2D eigenvalue weighted by Crippen LogP contribution is -2.35. The molecule has 9 nitrogen and oxygen atoms in total. The van der Waals surface area contributed by atoms with Crippen molar-refractivity contribution in [1.82, 2.24) is 19.7 Å². The van der Waals surface area contributed by atoms with Crippen LogP contribution in [0.3, 0.4) is 0 Å². The molecule has 3 heterocycles. The maximum absolute atomic E-state index is 11.9. The van der Waals surface area contributed by atoms with E-state index in [1.807, 2.05) is 41.2 Å². The van der Waals surface area contributed by atoms with Gasteiger partial charge in [0.15, 0.2) is 0 Å². The van der Waals surface area contributed by atoms with E-state index in [2.05, 4.69) is 16.2 Å². The Morgan fingerprint density at radius 1 is 1.35 bits per heavy atom. The van der Waals surface area contributed by atoms with Gasteiger partial charge in [-0.1, -0.05) is 24.3 Å². The van der Waals surface area contributed by atoms with Gasteiger partial charge in [-0.3, -0.25) is 14.3 Å². The molecule has 0 radical (unpaired) electrons. The number of nitrogens with zero attached hydrogens (tertiary/aromatic N) is 5. The number of aromatic nitrogens is 3. The zero-order valence-electron chi connectivity index (χ0n) is 17.0. The molecule has 158 valence electrons. The summed E-state index contributed by atoms with van der Waals surface area (Å²) in [6.45, 7) is 3.04. The largest absolute Gasteiger partial charge is 0.483 e. The third-order valence-electron chi connectivity index (χ3n) is 5.08. The standard InChI is InChI=1S/C21H20N6O.CH2O2/c1-14(28)26-10-7-19-18(13-26)20(17(11-22)21(23)25-19)16-5-3-15(4-6-16)12-27-9-2-8-24-27;2-1-3/h2-6,8-9H,7,10,12-13H2,1H3,(H2,23,25);1H,(H,2,3). The van der Waals surface area contributed by atoms with Gasteiger partial charge < -0.3 is 15.7 Å². The third-order valence-corrected chi connectivity index (χ3v) is 5.08. The summed E-state index contributed by atoms with van der Waals surface area (Å²) in [5.74, 6) is 0.259. The van der Waals surface area contributed by atoms with Crippen molar-refractivity contribution >= 4 is 18.2 Å². The number of pyridine rings is 1. The number of carboxylic acid groups (broad SMARTS) is 1. The Morgan fingerprint density at radius 2 is 2.06 bits per heavy atom. The summed E-state index contributed by atoms with van der Waals surface area (Å²) >= 11 is 0. The van der Waals surface area contributed by atoms with E-state index in [0.29, 0.717) is 31.6 Å². The van der Waals surface area contributed by atoms with Gasteiger partial charge in [-0.2, -0.15) is 10.4 Å². The fourth-order valence-corrected chi connectivity index (χ4v) is 3.64. The van der Waals surface area contributed by atoms with Crippen LogP contribution < -0.4 is 5.73 Å². The van der Waals surface area contributed by atoms with Crippen LogP contribution in [-0.4, -0.2) is 43.7 Å². The lowest BCUT2D eigenvalue weighted by atomic mass is 9.90. The average molecular weight is 418 g/mol. The molecule has 31 heavy (non-hydrogen) atoms. The normalized spacial score (nSPS) is 12.2. The van der Waals surface area contributed by atoms with Crippen LogP contribution in [0.15, 0.2) is 42.7 Å². The molecule has 0 saturated carbocycles. The highest BCUT2D eigenvalue weighted by atomic mass is 16.3. The van der Waals surface area contributed by atoms with Gasteiger partial charge in [0, 0.05) is 50.0 Å². The van der Waals surface area contributed by atoms with Crippen LogP contribution in [0.5, 0.6) is 0 Å². The number of rotatable bonds is 3. The quantitative estimate of drug-likeness (QED) is 0.621. The Morgan fingerprint density at radius 3 is 2.65 bits per heavy atom. The maximum Gasteiger partial charge on any atom is 0.290 e. The van der Waals surface area contributed by atoms with E-state index >= 15 is 0 Å². The van der Waals surface area contributed by atoms with E-state index in [4.69, 9.17) is 15.6 Å². The predicted octanol–water partition coefficient (Wildman–Crippen LogP) is 2.05. The van der Waals surface area contributed by atoms with E-state index < -0.39 is 0 Å². The van der Waals surface area contributed by atoms with Crippen LogP contribution in [0.2, 0.25) is 0 Å². The lowest BCUT2D eigenvalue weighted by molar-refractivity contribution is -0.129. The monoisotopic (exact) mass is 418 g/mol. The molecule has 1 aliphatic rings. The summed E-state index contributed by atoms with van der Waals surface area (Å²) in [6.07, 6.45) is 4.30. The molecule has 9 heteroatoms. The van der Waals surface area contributed by atoms with Crippen LogP contribution in [0.1, 0.15) is 29.3 Å². The maximum atomic E-state index is 11.9. The van der Waals surface area contributed by atoms with Gasteiger partial charge in [-0.05, 0) is 17.2 Å². The SMILES string of the molecule is CC(=O)N1CCc2nc(N)c(C#N)c(-c3ccc(Cn4cccn4)cc3)c2C1.O=CO. The fourth-order valence-electron chi connectivity index (χ4n) is 3.64. The number of nitrogen functional groups attached to an aromatic ring is 1. The Balaban J connectivity index is 0.000000858. The fraction of sp³-hybridized carbons (Fsp3) is 0.227. The molecule has 0 fully saturated rings. The van der Waals surface area contributed by atoms with Gasteiger partial charge in [-0.15, -0.1) is 0 Å². The summed E-state index contributed by atoms with van der Waals surface area (Å²) in [6, 6.07) is 12.1. The van der Waals surface area contributed by atoms with Crippen LogP contribution in [-0.2, 0) is 29.1 Å². The van der Waals surface area contributed by atoms with Crippen molar-refractivity contribution in [2.45, 2.75) is 26.4 Å². The minimum absolute atomic E-state index is 0.0153. The van der Waals surface area contributed by atoms with Gasteiger partial charge in [0.05, 0.1) is 12.2 Å². The molecule has 0 atom stereocenters. The number of hydrogen-bond donors (Lipinski definition) is 2. The molecule has 0 spiro atoms. The second-order valence-corrected chi connectivity index (χ2v) is 6.98. The number of hydrogen-bond acceptors (Lipinski definition) is 6. The van der Waals surface area contributed by atoms with Gasteiger partial charge in [-0.25, -0.2) is 4.98 Å². The van der Waals surface area contributed by atoms with E-state index in [-0.39, 0.29) is 18.2 Å². The first kappa shape index (κ1) is 21.5. The first-order chi connectivity index (χ1) is 15.0. The minimum atomic E-state index is -0.250. The van der Waals surface area contributed by atoms with E-state index in [1.54, 1.807) is 18.0 Å². The summed E-state index contributed by atoms with van der Waals surface area (Å²) in [5, 5.41) is 20.8. The van der Waals surface area contributed by atoms with Crippen molar-refractivity contribution in [2.24, 2.45) is 0 Å². The summed E-state index contributed by atoms with van der Waals surface area (Å²) in [4.78, 5) is 26.5. The molecule has 2 aromatic heterocycles. The number of amides is 1. The van der Waals surface area contributed by atoms with Crippen LogP contribution in [0.4, 0.5) is 5.82 Å². The molecular formula is C22H22N6O3. The molecule has 0 unspecified atom stereocenters. The molecular weight excluding hydrogens is 396 g/mol. The summed E-state index contributed by atoms with van der Waals surface area (Å²) < 4.78 is 1.85. The number of carbonyl (C=O) groups is 2. The van der Waals surface area contributed by atoms with Gasteiger partial charge in [0.2, 0.25) is 5.91 Å². The van der Waals surface area contributed by atoms with Crippen LogP contribution in [0.25, 0.3) is 11.1 Å². The number of nitriles is 1. The Bertz CT molecular complexity index is 1120. The number of benzene rings is 1. The minimum Gasteiger partial charge on any atom is -0.483 e. The number of fused-ring (bicyclic) bond motifs is 1. The highest BCUT2D eigenvalue weighted by Crippen LogP contribution is 2.35. The third kappa shape index (κ3) is 4.70. The van der Waals surface area contributed by atoms with Crippen molar-refractivity contribution in [3.8, 4) is 17.2 Å². The van der Waals surface area contributed by atoms with Crippen molar-refractivity contribution in [1.29, 1.82) is 5.26 Å². The van der Waals surface area contributed by atoms with Crippen molar-refractivity contribution in [3.63, 3.8) is 0 Å². The van der Waals surface area contributed by atoms with Crippen LogP contribution >= 0.6 is 0 Å². The van der Waals surface area contributed by atoms with Crippen molar-refractivity contribution in [3.05, 3.63) is 65.1 Å². The number of anilines is 1. The molecule has 1 aromatic carbocycles. The molecule has 1 aliphatic heterocycles. The van der Waals surface area contributed by atoms with Gasteiger partial charge in [0.25, 0.3) is 6.47 Å². The second kappa shape index (κ2) is 9.54. The van der Waals surface area contributed by atoms with Crippen LogP contribution in [0, 0.1) is 11.3 Å². The molecule has 3 N–H and O–H groups in total. The molecule has 0 aliphatic carbocycles. The molecule has 0 bridgehead atoms. The highest BCUT2D eigenvalue weighted by Gasteiger charge is 2.26. The lowest BCUT2D eigenvalue weighted by Gasteiger charge is -2.29. The average Bonchev–Trinajstić information content (AvgIpc) is 3.26. The molecule has 4 rings (SSSR count). The number of carbonyl (C=O) groups excluding carboxylic acids is 1. The zero-order valence-corrected chi connectivity index (χ0v) is 17.0. The smallest absolute Gasteiger partial charge is 0.290 e.